The molecule has 3 heteroatoms. The van der Waals surface area contributed by atoms with Crippen molar-refractivity contribution in [3.63, 3.8) is 0 Å². The molecule has 0 spiro atoms. The van der Waals surface area contributed by atoms with Crippen molar-refractivity contribution in [2.75, 3.05) is 7.11 Å². The first kappa shape index (κ1) is 8.11. The van der Waals surface area contributed by atoms with Gasteiger partial charge < -0.3 is 4.74 Å². The van der Waals surface area contributed by atoms with Gasteiger partial charge in [0.1, 0.15) is 6.20 Å². The van der Waals surface area contributed by atoms with E-state index in [-0.39, 0.29) is 0 Å². The Bertz CT molecular complexity index is 230. The van der Waals surface area contributed by atoms with Gasteiger partial charge in [-0.05, 0) is 13.3 Å². The minimum atomic E-state index is 0.826. The molecule has 0 bridgehead atoms. The van der Waals surface area contributed by atoms with E-state index in [1.165, 1.54) is 0 Å². The van der Waals surface area contributed by atoms with Crippen LogP contribution in [0, 0.1) is 13.1 Å². The van der Waals surface area contributed by atoms with Crippen LogP contribution in [0.25, 0.3) is 0 Å². The monoisotopic (exact) mass is 153 g/mol. The quantitative estimate of drug-likeness (QED) is 0.656. The minimum absolute atomic E-state index is 0.826. The maximum atomic E-state index is 5.14. The molecule has 1 rings (SSSR count). The molecule has 0 unspecified atom stereocenters. The van der Waals surface area contributed by atoms with Gasteiger partial charge in [-0.2, -0.15) is 5.10 Å². The van der Waals surface area contributed by atoms with Gasteiger partial charge in [0, 0.05) is 12.1 Å². The van der Waals surface area contributed by atoms with Gasteiger partial charge in [-0.3, -0.25) is 0 Å². The molecular weight excluding hydrogens is 140 g/mol. The number of rotatable bonds is 3. The lowest BCUT2D eigenvalue weighted by Crippen LogP contribution is -2.01. The lowest BCUT2D eigenvalue weighted by molar-refractivity contribution is 0.356. The summed E-state index contributed by atoms with van der Waals surface area (Å²) in [5, 5.41) is 4.04. The van der Waals surface area contributed by atoms with Gasteiger partial charge in [0.05, 0.1) is 7.11 Å². The molecule has 0 atom stereocenters. The van der Waals surface area contributed by atoms with Crippen molar-refractivity contribution >= 4 is 0 Å². The molecule has 3 nitrogen and oxygen atoms in total. The molecule has 0 N–H and O–H groups in total. The Balaban J connectivity index is 2.86. The summed E-state index contributed by atoms with van der Waals surface area (Å²) >= 11 is 0. The maximum Gasteiger partial charge on any atom is 0.215 e. The van der Waals surface area contributed by atoms with Gasteiger partial charge >= 0.3 is 0 Å². The summed E-state index contributed by atoms with van der Waals surface area (Å²) in [6.45, 7) is 4.95. The number of methoxy groups -OCH3 is 1. The van der Waals surface area contributed by atoms with Crippen molar-refractivity contribution < 1.29 is 4.74 Å². The van der Waals surface area contributed by atoms with Gasteiger partial charge in [0.25, 0.3) is 0 Å². The average molecular weight is 153 g/mol. The van der Waals surface area contributed by atoms with Crippen LogP contribution >= 0.6 is 0 Å². The van der Waals surface area contributed by atoms with E-state index < -0.39 is 0 Å². The first-order chi connectivity index (χ1) is 5.29. The van der Waals surface area contributed by atoms with Crippen LogP contribution in [0.1, 0.15) is 18.9 Å². The van der Waals surface area contributed by atoms with Crippen molar-refractivity contribution in [3.05, 3.63) is 11.8 Å². The summed E-state index contributed by atoms with van der Waals surface area (Å²) < 4.78 is 6.97. The van der Waals surface area contributed by atoms with Crippen LogP contribution in [0.2, 0.25) is 0 Å². The Morgan fingerprint density at radius 1 is 1.64 bits per heavy atom. The number of nitrogens with zero attached hydrogens (tertiary/aromatic N) is 2. The number of hydrogen-bond acceptors (Lipinski definition) is 2. The molecule has 0 saturated carbocycles. The van der Waals surface area contributed by atoms with Crippen LogP contribution in [0.3, 0.4) is 0 Å². The van der Waals surface area contributed by atoms with Gasteiger partial charge in [0.15, 0.2) is 0 Å². The Labute approximate surface area is 67.0 Å². The van der Waals surface area contributed by atoms with Crippen molar-refractivity contribution in [2.45, 2.75) is 26.8 Å². The predicted octanol–water partition coefficient (Wildman–Crippen LogP) is 1.41. The van der Waals surface area contributed by atoms with Crippen LogP contribution < -0.4 is 4.74 Å². The summed E-state index contributed by atoms with van der Waals surface area (Å²) in [5.74, 6) is 0.826. The second kappa shape index (κ2) is 3.42. The zero-order chi connectivity index (χ0) is 8.27. The highest BCUT2D eigenvalue weighted by Crippen LogP contribution is 2.15. The highest BCUT2D eigenvalue weighted by molar-refractivity contribution is 5.20. The van der Waals surface area contributed by atoms with Crippen molar-refractivity contribution in [1.29, 1.82) is 0 Å². The highest BCUT2D eigenvalue weighted by Gasteiger charge is 2.05. The molecule has 1 aromatic heterocycles. The van der Waals surface area contributed by atoms with Crippen LogP contribution in [0.5, 0.6) is 5.88 Å². The minimum Gasteiger partial charge on any atom is -0.481 e. The van der Waals surface area contributed by atoms with E-state index in [0.717, 1.165) is 24.4 Å². The molecule has 0 aliphatic carbocycles. The predicted molar refractivity (Wildman–Crippen MR) is 42.6 cm³/mol. The van der Waals surface area contributed by atoms with Crippen LogP contribution in [0.4, 0.5) is 0 Å². The first-order valence-corrected chi connectivity index (χ1v) is 3.78. The smallest absolute Gasteiger partial charge is 0.215 e. The number of aromatic nitrogens is 2. The summed E-state index contributed by atoms with van der Waals surface area (Å²) in [7, 11) is 1.66. The second-order valence-corrected chi connectivity index (χ2v) is 2.47. The molecule has 61 valence electrons. The topological polar surface area (TPSA) is 27.1 Å². The fourth-order valence-corrected chi connectivity index (χ4v) is 1.04. The Morgan fingerprint density at radius 3 is 2.91 bits per heavy atom. The summed E-state index contributed by atoms with van der Waals surface area (Å²) in [6, 6.07) is 0. The van der Waals surface area contributed by atoms with Gasteiger partial charge in [0.2, 0.25) is 5.88 Å². The van der Waals surface area contributed by atoms with E-state index in [9.17, 15) is 0 Å². The van der Waals surface area contributed by atoms with Crippen molar-refractivity contribution in [1.82, 2.24) is 9.78 Å². The normalized spacial score (nSPS) is 10.1. The summed E-state index contributed by atoms with van der Waals surface area (Å²) in [4.78, 5) is 0. The zero-order valence-electron chi connectivity index (χ0n) is 7.22. The molecule has 0 aliphatic heterocycles. The van der Waals surface area contributed by atoms with Gasteiger partial charge in [-0.15, -0.1) is 0 Å². The Kier molecular flexibility index (Phi) is 2.52. The lowest BCUT2D eigenvalue weighted by Gasteiger charge is -2.04. The lowest BCUT2D eigenvalue weighted by atomic mass is 10.4. The number of hydrogen-bond donors (Lipinski definition) is 0. The third-order valence-electron chi connectivity index (χ3n) is 1.52. The fraction of sp³-hybridized carbons (Fsp3) is 0.625. The van der Waals surface area contributed by atoms with Crippen molar-refractivity contribution in [2.24, 2.45) is 0 Å². The highest BCUT2D eigenvalue weighted by atomic mass is 16.5. The standard InChI is InChI=1S/C8H13N2O/c1-4-5-10-8(11-3)7(2)6-9-10/h4-5H2,1-3H3. The molecule has 11 heavy (non-hydrogen) atoms. The second-order valence-electron chi connectivity index (χ2n) is 2.47. The van der Waals surface area contributed by atoms with Crippen molar-refractivity contribution in [3.8, 4) is 5.88 Å². The molecule has 1 aromatic rings. The first-order valence-electron chi connectivity index (χ1n) is 3.78. The fourth-order valence-electron chi connectivity index (χ4n) is 1.04. The molecule has 0 fully saturated rings. The van der Waals surface area contributed by atoms with E-state index in [0.29, 0.717) is 0 Å². The van der Waals surface area contributed by atoms with Gasteiger partial charge in [-0.25, -0.2) is 4.68 Å². The number of ether oxygens (including phenoxy) is 1. The van der Waals surface area contributed by atoms with E-state index in [4.69, 9.17) is 4.74 Å². The molecule has 0 saturated heterocycles. The van der Waals surface area contributed by atoms with Crippen LogP contribution in [0.15, 0.2) is 0 Å². The Morgan fingerprint density at radius 2 is 2.36 bits per heavy atom. The van der Waals surface area contributed by atoms with E-state index in [1.54, 1.807) is 7.11 Å². The maximum absolute atomic E-state index is 5.14. The molecule has 0 amide bonds. The molecule has 0 aliphatic rings. The van der Waals surface area contributed by atoms with E-state index in [2.05, 4.69) is 18.2 Å². The average Bonchev–Trinajstić information content (AvgIpc) is 2.33. The largest absolute Gasteiger partial charge is 0.481 e. The van der Waals surface area contributed by atoms with Crippen LogP contribution in [-0.4, -0.2) is 16.9 Å². The molecule has 1 radical (unpaired) electrons. The van der Waals surface area contributed by atoms with Crippen LogP contribution in [-0.2, 0) is 6.54 Å². The summed E-state index contributed by atoms with van der Waals surface area (Å²) in [6.07, 6.45) is 3.92. The zero-order valence-corrected chi connectivity index (χ0v) is 7.22. The number of aryl methyl sites for hydroxylation is 2. The Hall–Kier alpha value is -0.990. The third kappa shape index (κ3) is 1.53. The SMILES string of the molecule is CCCn1n[c]c(C)c1OC. The third-order valence-corrected chi connectivity index (χ3v) is 1.52. The molecular formula is C8H13N2O. The van der Waals surface area contributed by atoms with E-state index >= 15 is 0 Å². The van der Waals surface area contributed by atoms with E-state index in [1.807, 2.05) is 11.6 Å². The summed E-state index contributed by atoms with van der Waals surface area (Å²) in [5.41, 5.74) is 0.973. The molecule has 1 heterocycles. The molecule has 0 aromatic carbocycles. The van der Waals surface area contributed by atoms with Gasteiger partial charge in [-0.1, -0.05) is 6.92 Å².